The maximum absolute atomic E-state index is 14.6. The summed E-state index contributed by atoms with van der Waals surface area (Å²) >= 11 is 1.85. The van der Waals surface area contributed by atoms with E-state index in [1.54, 1.807) is 7.11 Å². The molecule has 0 radical (unpaired) electrons. The number of nitrogens with zero attached hydrogens (tertiary/aromatic N) is 2. The van der Waals surface area contributed by atoms with Crippen LogP contribution in [0.4, 0.5) is 0 Å². The number of thiazole rings is 1. The van der Waals surface area contributed by atoms with Crippen LogP contribution < -0.4 is 15.4 Å². The molecular weight excluding hydrogens is 468 g/mol. The van der Waals surface area contributed by atoms with Crippen LogP contribution in [0.25, 0.3) is 0 Å². The van der Waals surface area contributed by atoms with Gasteiger partial charge in [-0.1, -0.05) is 37.5 Å². The van der Waals surface area contributed by atoms with Crippen molar-refractivity contribution in [2.45, 2.75) is 75.8 Å². The minimum absolute atomic E-state index is 0.0570. The van der Waals surface area contributed by atoms with E-state index < -0.39 is 0 Å². The number of amides is 1. The third-order valence-corrected chi connectivity index (χ3v) is 10.9. The number of carbonyl (C=O) groups excluding carboxylic acids is 1. The average Bonchev–Trinajstić information content (AvgIpc) is 3.52. The van der Waals surface area contributed by atoms with Gasteiger partial charge in [0.25, 0.3) is 0 Å². The molecular formula is C29H42N4O2S+2. The minimum Gasteiger partial charge on any atom is -0.496 e. The van der Waals surface area contributed by atoms with Gasteiger partial charge >= 0.3 is 0 Å². The number of hydrogen-bond donors (Lipinski definition) is 2. The molecule has 4 aliphatic rings. The van der Waals surface area contributed by atoms with Crippen molar-refractivity contribution in [2.24, 2.45) is 11.8 Å². The Labute approximate surface area is 219 Å². The van der Waals surface area contributed by atoms with Gasteiger partial charge in [0.2, 0.25) is 5.91 Å². The van der Waals surface area contributed by atoms with Gasteiger partial charge in [-0.3, -0.25) is 4.79 Å². The zero-order valence-electron chi connectivity index (χ0n) is 21.9. The number of aromatic nitrogens is 1. The smallest absolute Gasteiger partial charge is 0.233 e. The van der Waals surface area contributed by atoms with Gasteiger partial charge < -0.3 is 20.3 Å². The maximum atomic E-state index is 14.6. The van der Waals surface area contributed by atoms with Gasteiger partial charge in [-0.15, -0.1) is 11.3 Å². The summed E-state index contributed by atoms with van der Waals surface area (Å²) in [6.45, 7) is 6.88. The second-order valence-corrected chi connectivity index (χ2v) is 12.8. The fraction of sp³-hybridized carbons (Fsp3) is 0.655. The van der Waals surface area contributed by atoms with Crippen molar-refractivity contribution < 1.29 is 20.2 Å². The Morgan fingerprint density at radius 3 is 2.78 bits per heavy atom. The monoisotopic (exact) mass is 510 g/mol. The molecule has 1 aromatic carbocycles. The minimum atomic E-state index is -0.0623. The van der Waals surface area contributed by atoms with Gasteiger partial charge in [-0.05, 0) is 56.1 Å². The van der Waals surface area contributed by atoms with E-state index in [1.165, 1.54) is 48.2 Å². The van der Waals surface area contributed by atoms with Gasteiger partial charge in [0.05, 0.1) is 36.6 Å². The van der Waals surface area contributed by atoms with Crippen molar-refractivity contribution in [3.8, 4) is 5.75 Å². The Balaban J connectivity index is 1.30. The summed E-state index contributed by atoms with van der Waals surface area (Å²) in [4.78, 5) is 23.2. The number of hydrogen-bond acceptors (Lipinski definition) is 4. The molecule has 0 unspecified atom stereocenters. The Morgan fingerprint density at radius 1 is 1.14 bits per heavy atom. The van der Waals surface area contributed by atoms with Gasteiger partial charge in [-0.2, -0.15) is 0 Å². The highest BCUT2D eigenvalue weighted by Crippen LogP contribution is 2.45. The molecule has 1 aromatic heterocycles. The van der Waals surface area contributed by atoms with Crippen LogP contribution in [-0.4, -0.2) is 55.1 Å². The van der Waals surface area contributed by atoms with E-state index >= 15 is 0 Å². The number of carbonyl (C=O) groups is 1. The number of likely N-dealkylation sites (tertiary alicyclic amines) is 1. The first-order chi connectivity index (χ1) is 17.6. The van der Waals surface area contributed by atoms with Crippen LogP contribution in [-0.2, 0) is 16.8 Å². The van der Waals surface area contributed by atoms with E-state index in [-0.39, 0.29) is 11.3 Å². The molecule has 6 nitrogen and oxygen atoms in total. The largest absolute Gasteiger partial charge is 0.496 e. The molecule has 2 aromatic rings. The Kier molecular flexibility index (Phi) is 6.82. The van der Waals surface area contributed by atoms with E-state index in [0.29, 0.717) is 23.8 Å². The molecule has 3 fully saturated rings. The van der Waals surface area contributed by atoms with Crippen molar-refractivity contribution in [2.75, 3.05) is 33.3 Å². The standard InChI is InChI=1S/C29H40N4O2S/c1-19-32-24-16-31-18-29(27(24)36-19)17-30-15-23(29)28(34)33-13-12-21(22-10-6-7-11-26(22)35-2)14-25(33)20-8-4-3-5-9-20/h6-7,10-11,20-21,23,25,30-31H,3-5,8-9,12-18H2,1-2H3/p+2/t21-,23+,25+,29+/m1/s1. The topological polar surface area (TPSA) is 75.7 Å². The number of para-hydroxylation sites is 1. The second kappa shape index (κ2) is 10.1. The Bertz CT molecular complexity index is 1100. The molecule has 194 valence electrons. The van der Waals surface area contributed by atoms with Gasteiger partial charge in [0.15, 0.2) is 0 Å². The predicted molar refractivity (Wildman–Crippen MR) is 141 cm³/mol. The zero-order chi connectivity index (χ0) is 24.7. The fourth-order valence-electron chi connectivity index (χ4n) is 7.97. The van der Waals surface area contributed by atoms with Gasteiger partial charge in [0, 0.05) is 12.6 Å². The fourth-order valence-corrected chi connectivity index (χ4v) is 9.18. The number of quaternary nitrogens is 2. The van der Waals surface area contributed by atoms with E-state index in [0.717, 1.165) is 56.3 Å². The van der Waals surface area contributed by atoms with Crippen LogP contribution in [0.1, 0.15) is 72.0 Å². The highest BCUT2D eigenvalue weighted by Gasteiger charge is 2.58. The lowest BCUT2D eigenvalue weighted by atomic mass is 9.71. The van der Waals surface area contributed by atoms with Gasteiger partial charge in [0.1, 0.15) is 29.3 Å². The number of fused-ring (bicyclic) bond motifs is 2. The van der Waals surface area contributed by atoms with Crippen LogP contribution in [0, 0.1) is 18.8 Å². The zero-order valence-corrected chi connectivity index (χ0v) is 22.7. The lowest BCUT2D eigenvalue weighted by molar-refractivity contribution is -0.691. The Morgan fingerprint density at radius 2 is 1.94 bits per heavy atom. The number of nitrogens with two attached hydrogens (primary N) is 2. The summed E-state index contributed by atoms with van der Waals surface area (Å²) in [6.07, 6.45) is 8.58. The first-order valence-electron chi connectivity index (χ1n) is 14.1. The third-order valence-electron chi connectivity index (χ3n) is 9.68. The summed E-state index contributed by atoms with van der Waals surface area (Å²) in [5.74, 6) is 2.56. The van der Waals surface area contributed by atoms with Crippen LogP contribution in [0.15, 0.2) is 24.3 Å². The molecule has 1 amide bonds. The molecule has 4 atom stereocenters. The van der Waals surface area contributed by atoms with E-state index in [4.69, 9.17) is 9.72 Å². The van der Waals surface area contributed by atoms with Crippen molar-refractivity contribution in [1.82, 2.24) is 9.88 Å². The van der Waals surface area contributed by atoms with E-state index in [9.17, 15) is 4.79 Å². The second-order valence-electron chi connectivity index (χ2n) is 11.6. The highest BCUT2D eigenvalue weighted by molar-refractivity contribution is 7.11. The lowest BCUT2D eigenvalue weighted by Gasteiger charge is -2.46. The molecule has 1 saturated carbocycles. The summed E-state index contributed by atoms with van der Waals surface area (Å²) in [6, 6.07) is 8.87. The van der Waals surface area contributed by atoms with Crippen LogP contribution in [0.3, 0.4) is 0 Å². The molecule has 0 bridgehead atoms. The first-order valence-corrected chi connectivity index (χ1v) is 15.0. The SMILES string of the molecule is COc1ccccc1[C@@H]1CCN(C(=O)[C@@H]2C[NH2+]C[C@]23C[NH2+]Cc2nc(C)sc23)[C@H](C2CCCCC2)C1. The molecule has 4 N–H and O–H groups in total. The molecule has 1 aliphatic carbocycles. The Hall–Kier alpha value is -1.96. The molecule has 7 heteroatoms. The summed E-state index contributed by atoms with van der Waals surface area (Å²) in [5, 5.41) is 5.94. The van der Waals surface area contributed by atoms with Crippen LogP contribution in [0.5, 0.6) is 5.75 Å². The first kappa shape index (κ1) is 24.4. The summed E-state index contributed by atoms with van der Waals surface area (Å²) in [7, 11) is 1.78. The number of aryl methyl sites for hydroxylation is 1. The van der Waals surface area contributed by atoms with Crippen molar-refractivity contribution in [3.63, 3.8) is 0 Å². The lowest BCUT2D eigenvalue weighted by Crippen LogP contribution is -2.91. The van der Waals surface area contributed by atoms with Gasteiger partial charge in [-0.25, -0.2) is 4.98 Å². The summed E-state index contributed by atoms with van der Waals surface area (Å²) in [5.41, 5.74) is 2.49. The predicted octanol–water partition coefficient (Wildman–Crippen LogP) is 2.32. The molecule has 4 heterocycles. The molecule has 36 heavy (non-hydrogen) atoms. The summed E-state index contributed by atoms with van der Waals surface area (Å²) < 4.78 is 5.75. The van der Waals surface area contributed by atoms with Crippen molar-refractivity contribution in [1.29, 1.82) is 0 Å². The normalized spacial score (nSPS) is 30.9. The number of ether oxygens (including phenoxy) is 1. The van der Waals surface area contributed by atoms with Crippen molar-refractivity contribution in [3.05, 3.63) is 45.4 Å². The van der Waals surface area contributed by atoms with Crippen LogP contribution in [0.2, 0.25) is 0 Å². The van der Waals surface area contributed by atoms with E-state index in [1.807, 2.05) is 11.3 Å². The molecule has 1 spiro atoms. The number of rotatable bonds is 4. The number of methoxy groups -OCH3 is 1. The quantitative estimate of drug-likeness (QED) is 0.663. The average molecular weight is 511 g/mol. The van der Waals surface area contributed by atoms with Crippen LogP contribution >= 0.6 is 11.3 Å². The molecule has 2 saturated heterocycles. The molecule has 6 rings (SSSR count). The number of benzene rings is 1. The molecule has 3 aliphatic heterocycles. The highest BCUT2D eigenvalue weighted by atomic mass is 32.1. The maximum Gasteiger partial charge on any atom is 0.233 e. The number of piperidine rings is 1. The van der Waals surface area contributed by atoms with E-state index in [2.05, 4.69) is 46.7 Å². The third kappa shape index (κ3) is 4.17. The van der Waals surface area contributed by atoms with Crippen molar-refractivity contribution >= 4 is 17.2 Å².